The molecule has 1 heterocycles. The molecule has 6 nitrogen and oxygen atoms in total. The van der Waals surface area contributed by atoms with Gasteiger partial charge in [0.25, 0.3) is 5.91 Å². The van der Waals surface area contributed by atoms with E-state index in [0.717, 1.165) is 28.4 Å². The van der Waals surface area contributed by atoms with Gasteiger partial charge in [0.2, 0.25) is 0 Å². The summed E-state index contributed by atoms with van der Waals surface area (Å²) < 4.78 is 12.4. The van der Waals surface area contributed by atoms with Crippen molar-refractivity contribution in [2.45, 2.75) is 13.8 Å². The second kappa shape index (κ2) is 9.01. The summed E-state index contributed by atoms with van der Waals surface area (Å²) in [6.45, 7) is 3.94. The highest BCUT2D eigenvalue weighted by Gasteiger charge is 2.14. The van der Waals surface area contributed by atoms with E-state index in [9.17, 15) is 10.1 Å². The monoisotopic (exact) mass is 401 g/mol. The topological polar surface area (TPSA) is 76.3 Å². The smallest absolute Gasteiger partial charge is 0.266 e. The summed E-state index contributed by atoms with van der Waals surface area (Å²) in [5.41, 5.74) is 4.34. The maximum absolute atomic E-state index is 12.6. The number of nitrogens with one attached hydrogen (secondary N) is 1. The number of benzene rings is 2. The van der Waals surface area contributed by atoms with Crippen LogP contribution in [0.2, 0.25) is 0 Å². The molecule has 0 aliphatic heterocycles. The number of hydrogen-bond acceptors (Lipinski definition) is 4. The van der Waals surface area contributed by atoms with Crippen LogP contribution in [0.4, 0.5) is 5.69 Å². The lowest BCUT2D eigenvalue weighted by molar-refractivity contribution is -0.112. The molecule has 6 heteroatoms. The number of nitrogens with zero attached hydrogens (tertiary/aromatic N) is 2. The highest BCUT2D eigenvalue weighted by Crippen LogP contribution is 2.24. The molecule has 3 rings (SSSR count). The second-order valence-corrected chi connectivity index (χ2v) is 6.71. The Morgan fingerprint density at radius 2 is 1.57 bits per heavy atom. The van der Waals surface area contributed by atoms with Gasteiger partial charge < -0.3 is 19.4 Å². The van der Waals surface area contributed by atoms with Gasteiger partial charge in [0.1, 0.15) is 23.1 Å². The number of nitriles is 1. The molecule has 0 spiro atoms. The summed E-state index contributed by atoms with van der Waals surface area (Å²) in [6, 6.07) is 18.6. The van der Waals surface area contributed by atoms with Crippen LogP contribution in [0.3, 0.4) is 0 Å². The number of aromatic nitrogens is 1. The molecule has 0 aliphatic carbocycles. The quantitative estimate of drug-likeness (QED) is 0.482. The third kappa shape index (κ3) is 4.36. The Balaban J connectivity index is 1.88. The van der Waals surface area contributed by atoms with Crippen LogP contribution in [0.1, 0.15) is 17.0 Å². The molecule has 152 valence electrons. The van der Waals surface area contributed by atoms with Crippen LogP contribution in [0.25, 0.3) is 11.8 Å². The van der Waals surface area contributed by atoms with Crippen molar-refractivity contribution in [1.82, 2.24) is 4.57 Å². The number of aryl methyl sites for hydroxylation is 1. The molecule has 1 amide bonds. The average molecular weight is 401 g/mol. The van der Waals surface area contributed by atoms with Crippen LogP contribution >= 0.6 is 0 Å². The first-order valence-corrected chi connectivity index (χ1v) is 9.37. The molecule has 3 aromatic rings. The number of hydrogen-bond donors (Lipinski definition) is 1. The SMILES string of the molecule is COc1ccc(NC(=O)C(C#N)=Cc2cc(C)n(-c3ccc(OC)cc3)c2C)cc1. The first-order valence-electron chi connectivity index (χ1n) is 9.37. The summed E-state index contributed by atoms with van der Waals surface area (Å²) in [5.74, 6) is 1.01. The lowest BCUT2D eigenvalue weighted by Crippen LogP contribution is -2.13. The third-order valence-corrected chi connectivity index (χ3v) is 4.81. The van der Waals surface area contributed by atoms with Crippen LogP contribution in [0, 0.1) is 25.2 Å². The van der Waals surface area contributed by atoms with E-state index >= 15 is 0 Å². The van der Waals surface area contributed by atoms with Crippen molar-refractivity contribution in [2.24, 2.45) is 0 Å². The molecule has 0 fully saturated rings. The van der Waals surface area contributed by atoms with E-state index in [1.54, 1.807) is 44.6 Å². The van der Waals surface area contributed by atoms with Gasteiger partial charge in [-0.3, -0.25) is 4.79 Å². The van der Waals surface area contributed by atoms with Gasteiger partial charge in [-0.1, -0.05) is 0 Å². The molecule has 0 saturated carbocycles. The number of carbonyl (C=O) groups excluding carboxylic acids is 1. The van der Waals surface area contributed by atoms with Gasteiger partial charge >= 0.3 is 0 Å². The van der Waals surface area contributed by atoms with Gasteiger partial charge in [-0.25, -0.2) is 0 Å². The zero-order chi connectivity index (χ0) is 21.7. The maximum atomic E-state index is 12.6. The van der Waals surface area contributed by atoms with E-state index < -0.39 is 5.91 Å². The van der Waals surface area contributed by atoms with E-state index in [1.807, 2.05) is 50.2 Å². The van der Waals surface area contributed by atoms with Gasteiger partial charge in [0.15, 0.2) is 0 Å². The zero-order valence-corrected chi connectivity index (χ0v) is 17.4. The molecule has 0 aliphatic rings. The van der Waals surface area contributed by atoms with E-state index in [2.05, 4.69) is 9.88 Å². The molecule has 1 aromatic heterocycles. The molecule has 1 N–H and O–H groups in total. The lowest BCUT2D eigenvalue weighted by atomic mass is 10.1. The van der Waals surface area contributed by atoms with Crippen LogP contribution < -0.4 is 14.8 Å². The third-order valence-electron chi connectivity index (χ3n) is 4.81. The first kappa shape index (κ1) is 20.7. The standard InChI is InChI=1S/C24H23N3O3/c1-16-13-18(17(2)27(16)21-7-11-23(30-4)12-8-21)14-19(15-25)24(28)26-20-5-9-22(29-3)10-6-20/h5-14H,1-4H3,(H,26,28). The summed E-state index contributed by atoms with van der Waals surface area (Å²) in [5, 5.41) is 12.3. The van der Waals surface area contributed by atoms with Crippen LogP contribution in [0.15, 0.2) is 60.2 Å². The fourth-order valence-electron chi connectivity index (χ4n) is 3.24. The minimum atomic E-state index is -0.461. The highest BCUT2D eigenvalue weighted by atomic mass is 16.5. The number of anilines is 1. The zero-order valence-electron chi connectivity index (χ0n) is 17.4. The summed E-state index contributed by atoms with van der Waals surface area (Å²) in [4.78, 5) is 12.6. The van der Waals surface area contributed by atoms with Crippen LogP contribution in [-0.4, -0.2) is 24.7 Å². The molecule has 0 unspecified atom stereocenters. The normalized spacial score (nSPS) is 11.0. The van der Waals surface area contributed by atoms with Crippen LogP contribution in [-0.2, 0) is 4.79 Å². The lowest BCUT2D eigenvalue weighted by Gasteiger charge is -2.10. The largest absolute Gasteiger partial charge is 0.497 e. The Bertz CT molecular complexity index is 1120. The number of carbonyl (C=O) groups is 1. The van der Waals surface area contributed by atoms with E-state index in [0.29, 0.717) is 11.4 Å². The number of methoxy groups -OCH3 is 2. The molecule has 0 atom stereocenters. The Morgan fingerprint density at radius 3 is 2.10 bits per heavy atom. The number of rotatable bonds is 6. The van der Waals surface area contributed by atoms with Gasteiger partial charge in [-0.15, -0.1) is 0 Å². The maximum Gasteiger partial charge on any atom is 0.266 e. The fourth-order valence-corrected chi connectivity index (χ4v) is 3.24. The van der Waals surface area contributed by atoms with Gasteiger partial charge in [0.05, 0.1) is 14.2 Å². The van der Waals surface area contributed by atoms with Crippen molar-refractivity contribution in [2.75, 3.05) is 19.5 Å². The summed E-state index contributed by atoms with van der Waals surface area (Å²) >= 11 is 0. The predicted molar refractivity (Wildman–Crippen MR) is 117 cm³/mol. The van der Waals surface area contributed by atoms with Crippen molar-refractivity contribution in [3.8, 4) is 23.3 Å². The Morgan fingerprint density at radius 1 is 1.00 bits per heavy atom. The molecular weight excluding hydrogens is 378 g/mol. The van der Waals surface area contributed by atoms with E-state index in [4.69, 9.17) is 9.47 Å². The Labute approximate surface area is 176 Å². The van der Waals surface area contributed by atoms with Crippen molar-refractivity contribution in [3.63, 3.8) is 0 Å². The van der Waals surface area contributed by atoms with E-state index in [1.165, 1.54) is 0 Å². The molecule has 0 bridgehead atoms. The summed E-state index contributed by atoms with van der Waals surface area (Å²) in [7, 11) is 3.21. The van der Waals surface area contributed by atoms with Crippen molar-refractivity contribution in [1.29, 1.82) is 5.26 Å². The molecule has 0 radical (unpaired) electrons. The minimum Gasteiger partial charge on any atom is -0.497 e. The fraction of sp³-hybridized carbons (Fsp3) is 0.167. The van der Waals surface area contributed by atoms with Gasteiger partial charge in [0, 0.05) is 22.8 Å². The molecule has 0 saturated heterocycles. The van der Waals surface area contributed by atoms with Crippen molar-refractivity contribution >= 4 is 17.7 Å². The second-order valence-electron chi connectivity index (χ2n) is 6.71. The Hall–Kier alpha value is -3.98. The van der Waals surface area contributed by atoms with Gasteiger partial charge in [-0.2, -0.15) is 5.26 Å². The molecular formula is C24H23N3O3. The molecule has 2 aromatic carbocycles. The minimum absolute atomic E-state index is 0.0285. The number of ether oxygens (including phenoxy) is 2. The molecule has 30 heavy (non-hydrogen) atoms. The Kier molecular flexibility index (Phi) is 6.23. The van der Waals surface area contributed by atoms with Crippen LogP contribution in [0.5, 0.6) is 11.5 Å². The first-order chi connectivity index (χ1) is 14.5. The van der Waals surface area contributed by atoms with Crippen molar-refractivity contribution in [3.05, 3.63) is 77.1 Å². The average Bonchev–Trinajstić information content (AvgIpc) is 3.05. The van der Waals surface area contributed by atoms with Gasteiger partial charge in [-0.05, 0) is 80.1 Å². The van der Waals surface area contributed by atoms with Crippen molar-refractivity contribution < 1.29 is 14.3 Å². The predicted octanol–water partition coefficient (Wildman–Crippen LogP) is 4.66. The summed E-state index contributed by atoms with van der Waals surface area (Å²) in [6.07, 6.45) is 1.61. The highest BCUT2D eigenvalue weighted by molar-refractivity contribution is 6.09. The van der Waals surface area contributed by atoms with E-state index in [-0.39, 0.29) is 5.57 Å². The number of amides is 1.